The molecule has 2 aliphatic heterocycles. The number of ether oxygens (including phenoxy) is 1. The Morgan fingerprint density at radius 1 is 1.43 bits per heavy atom. The van der Waals surface area contributed by atoms with E-state index in [1.54, 1.807) is 7.05 Å². The number of aromatic nitrogens is 2. The van der Waals surface area contributed by atoms with E-state index in [-0.39, 0.29) is 11.0 Å². The van der Waals surface area contributed by atoms with E-state index in [1.165, 1.54) is 15.4 Å². The van der Waals surface area contributed by atoms with Crippen LogP contribution in [0.2, 0.25) is 0 Å². The average molecular weight is 379 g/mol. The van der Waals surface area contributed by atoms with Crippen molar-refractivity contribution in [3.05, 3.63) is 10.8 Å². The third-order valence-corrected chi connectivity index (χ3v) is 6.73. The fourth-order valence-electron chi connectivity index (χ4n) is 2.76. The molecule has 0 bridgehead atoms. The molecule has 1 N–H and O–H groups in total. The molecule has 1 aromatic rings. The molecule has 1 aromatic heterocycles. The quantitative estimate of drug-likeness (QED) is 0.819. The number of piperidine rings is 1. The number of amides is 1. The second-order valence-electron chi connectivity index (χ2n) is 5.36. The molecular formula is C11H15BrN4O4S. The normalized spacial score (nSPS) is 22.8. The zero-order valence-electron chi connectivity index (χ0n) is 11.4. The topological polar surface area (TPSA) is 95.6 Å². The maximum atomic E-state index is 12.5. The molecular weight excluding hydrogens is 364 g/mol. The summed E-state index contributed by atoms with van der Waals surface area (Å²) in [6.45, 7) is 1.15. The highest BCUT2D eigenvalue weighted by Gasteiger charge is 2.47. The van der Waals surface area contributed by atoms with Gasteiger partial charge in [-0.15, -0.1) is 0 Å². The monoisotopic (exact) mass is 378 g/mol. The highest BCUT2D eigenvalue weighted by atomic mass is 79.9. The Labute approximate surface area is 130 Å². The van der Waals surface area contributed by atoms with E-state index in [9.17, 15) is 13.2 Å². The molecule has 2 aliphatic rings. The summed E-state index contributed by atoms with van der Waals surface area (Å²) in [5.74, 6) is 0. The first-order chi connectivity index (χ1) is 9.84. The molecule has 1 amide bonds. The van der Waals surface area contributed by atoms with Crippen LogP contribution < -0.4 is 0 Å². The Bertz CT molecular complexity index is 666. The number of nitrogens with one attached hydrogen (secondary N) is 1. The van der Waals surface area contributed by atoms with Crippen molar-refractivity contribution in [2.75, 3.05) is 26.7 Å². The van der Waals surface area contributed by atoms with Crippen molar-refractivity contribution in [2.45, 2.75) is 23.3 Å². The number of sulfonamides is 1. The number of hydrogen-bond acceptors (Lipinski definition) is 5. The van der Waals surface area contributed by atoms with Crippen molar-refractivity contribution in [3.63, 3.8) is 0 Å². The minimum atomic E-state index is -3.58. The smallest absolute Gasteiger partial charge is 0.410 e. The number of halogens is 1. The number of H-pyrrole nitrogens is 1. The van der Waals surface area contributed by atoms with Crippen molar-refractivity contribution in [2.24, 2.45) is 0 Å². The first kappa shape index (κ1) is 14.8. The number of likely N-dealkylation sites (N-methyl/N-ethyl adjacent to an activating group) is 1. The first-order valence-corrected chi connectivity index (χ1v) is 8.71. The third kappa shape index (κ3) is 2.44. The summed E-state index contributed by atoms with van der Waals surface area (Å²) < 4.78 is 32.2. The summed E-state index contributed by atoms with van der Waals surface area (Å²) in [5, 5.41) is 6.28. The average Bonchev–Trinajstić information content (AvgIpc) is 2.96. The molecule has 10 heteroatoms. The lowest BCUT2D eigenvalue weighted by molar-refractivity contribution is 0.0172. The van der Waals surface area contributed by atoms with Crippen molar-refractivity contribution in [1.29, 1.82) is 0 Å². The van der Waals surface area contributed by atoms with Crippen LogP contribution in [-0.2, 0) is 14.8 Å². The number of hydrogen-bond donors (Lipinski definition) is 1. The van der Waals surface area contributed by atoms with Crippen LogP contribution in [0, 0.1) is 0 Å². The molecule has 3 rings (SSSR count). The van der Waals surface area contributed by atoms with E-state index in [0.717, 1.165) is 0 Å². The summed E-state index contributed by atoms with van der Waals surface area (Å²) in [5.41, 5.74) is -0.550. The summed E-state index contributed by atoms with van der Waals surface area (Å²) in [4.78, 5) is 13.2. The molecule has 3 heterocycles. The van der Waals surface area contributed by atoms with Gasteiger partial charge in [-0.2, -0.15) is 9.40 Å². The minimum absolute atomic E-state index is 0.124. The molecule has 0 saturated carbocycles. The van der Waals surface area contributed by atoms with Gasteiger partial charge in [0.25, 0.3) is 0 Å². The lowest BCUT2D eigenvalue weighted by atomic mass is 9.92. The second-order valence-corrected chi connectivity index (χ2v) is 8.06. The highest BCUT2D eigenvalue weighted by Crippen LogP contribution is 2.35. The van der Waals surface area contributed by atoms with E-state index in [0.29, 0.717) is 37.1 Å². The van der Waals surface area contributed by atoms with Crippen LogP contribution in [0.25, 0.3) is 0 Å². The summed E-state index contributed by atoms with van der Waals surface area (Å²) in [7, 11) is -1.90. The van der Waals surface area contributed by atoms with Crippen LogP contribution in [0.4, 0.5) is 4.79 Å². The lowest BCUT2D eigenvalue weighted by Gasteiger charge is -2.36. The zero-order chi connectivity index (χ0) is 15.3. The number of nitrogens with zero attached hydrogens (tertiary/aromatic N) is 3. The fourth-order valence-corrected chi connectivity index (χ4v) is 4.98. The van der Waals surface area contributed by atoms with Crippen molar-refractivity contribution < 1.29 is 17.9 Å². The number of carbonyl (C=O) groups excluding carboxylic acids is 1. The number of carbonyl (C=O) groups is 1. The molecule has 2 saturated heterocycles. The Morgan fingerprint density at radius 3 is 2.57 bits per heavy atom. The third-order valence-electron chi connectivity index (χ3n) is 3.95. The van der Waals surface area contributed by atoms with Crippen LogP contribution in [0.5, 0.6) is 0 Å². The van der Waals surface area contributed by atoms with Gasteiger partial charge in [0.05, 0.1) is 12.7 Å². The molecule has 0 unspecified atom stereocenters. The Kier molecular flexibility index (Phi) is 3.49. The van der Waals surface area contributed by atoms with Crippen LogP contribution in [-0.4, -0.2) is 66.2 Å². The molecule has 8 nitrogen and oxygen atoms in total. The maximum absolute atomic E-state index is 12.5. The SMILES string of the molecule is CN1CC2(CCN(S(=O)(=O)c3cn[nH]c3Br)CC2)OC1=O. The number of rotatable bonds is 2. The standard InChI is InChI=1S/C11H15BrN4O4S/c1-15-7-11(20-10(15)17)2-4-16(5-3-11)21(18,19)8-6-13-14-9(8)12/h6H,2-5,7H2,1H3,(H,13,14). The molecule has 116 valence electrons. The van der Waals surface area contributed by atoms with E-state index >= 15 is 0 Å². The lowest BCUT2D eigenvalue weighted by Crippen LogP contribution is -2.48. The largest absolute Gasteiger partial charge is 0.441 e. The van der Waals surface area contributed by atoms with E-state index in [1.807, 2.05) is 0 Å². The molecule has 0 aromatic carbocycles. The Morgan fingerprint density at radius 2 is 2.10 bits per heavy atom. The molecule has 1 spiro atoms. The summed E-state index contributed by atoms with van der Waals surface area (Å²) in [6, 6.07) is 0. The van der Waals surface area contributed by atoms with Crippen LogP contribution in [0.3, 0.4) is 0 Å². The van der Waals surface area contributed by atoms with Crippen LogP contribution in [0.1, 0.15) is 12.8 Å². The predicted molar refractivity (Wildman–Crippen MR) is 76.1 cm³/mol. The summed E-state index contributed by atoms with van der Waals surface area (Å²) >= 11 is 3.14. The maximum Gasteiger partial charge on any atom is 0.410 e. The van der Waals surface area contributed by atoms with Gasteiger partial charge in [-0.25, -0.2) is 13.2 Å². The second kappa shape index (κ2) is 4.96. The highest BCUT2D eigenvalue weighted by molar-refractivity contribution is 9.10. The van der Waals surface area contributed by atoms with Gasteiger partial charge in [-0.05, 0) is 15.9 Å². The molecule has 0 atom stereocenters. The van der Waals surface area contributed by atoms with E-state index in [2.05, 4.69) is 26.1 Å². The first-order valence-electron chi connectivity index (χ1n) is 6.47. The molecule has 21 heavy (non-hydrogen) atoms. The van der Waals surface area contributed by atoms with E-state index < -0.39 is 15.6 Å². The van der Waals surface area contributed by atoms with E-state index in [4.69, 9.17) is 4.74 Å². The minimum Gasteiger partial charge on any atom is -0.441 e. The zero-order valence-corrected chi connectivity index (χ0v) is 13.8. The van der Waals surface area contributed by atoms with Crippen molar-refractivity contribution >= 4 is 32.0 Å². The predicted octanol–water partition coefficient (Wildman–Crippen LogP) is 0.777. The van der Waals surface area contributed by atoms with Gasteiger partial charge in [0.2, 0.25) is 10.0 Å². The molecule has 2 fully saturated rings. The van der Waals surface area contributed by atoms with Gasteiger partial charge in [0.15, 0.2) is 0 Å². The van der Waals surface area contributed by atoms with Gasteiger partial charge in [0, 0.05) is 33.0 Å². The van der Waals surface area contributed by atoms with Crippen LogP contribution >= 0.6 is 15.9 Å². The van der Waals surface area contributed by atoms with Gasteiger partial charge in [0.1, 0.15) is 15.1 Å². The molecule has 0 aliphatic carbocycles. The van der Waals surface area contributed by atoms with Gasteiger partial charge in [-0.1, -0.05) is 0 Å². The van der Waals surface area contributed by atoms with Gasteiger partial charge >= 0.3 is 6.09 Å². The van der Waals surface area contributed by atoms with Crippen molar-refractivity contribution in [3.8, 4) is 0 Å². The van der Waals surface area contributed by atoms with Gasteiger partial charge < -0.3 is 9.64 Å². The Hall–Kier alpha value is -1.13. The number of aromatic amines is 1. The molecule has 0 radical (unpaired) electrons. The summed E-state index contributed by atoms with van der Waals surface area (Å²) in [6.07, 6.45) is 1.94. The van der Waals surface area contributed by atoms with Crippen LogP contribution in [0.15, 0.2) is 15.7 Å². The Balaban J connectivity index is 1.75. The van der Waals surface area contributed by atoms with Crippen molar-refractivity contribution in [1.82, 2.24) is 19.4 Å². The van der Waals surface area contributed by atoms with Gasteiger partial charge in [-0.3, -0.25) is 5.10 Å². The fraction of sp³-hybridized carbons (Fsp3) is 0.636.